The lowest BCUT2D eigenvalue weighted by atomic mass is 10.1. The average Bonchev–Trinajstić information content (AvgIpc) is 2.47. The summed E-state index contributed by atoms with van der Waals surface area (Å²) in [7, 11) is 1.66. The molecular formula is C16H16ClNO. The van der Waals surface area contributed by atoms with E-state index in [4.69, 9.17) is 16.3 Å². The lowest BCUT2D eigenvalue weighted by molar-refractivity contribution is 0.415. The largest absolute Gasteiger partial charge is 0.497 e. The molecule has 2 aromatic rings. The predicted molar refractivity (Wildman–Crippen MR) is 81.6 cm³/mol. The highest BCUT2D eigenvalue weighted by Gasteiger charge is 1.99. The maximum atomic E-state index is 5.64. The number of benzene rings is 2. The Kier molecular flexibility index (Phi) is 4.87. The minimum absolute atomic E-state index is 0.754. The van der Waals surface area contributed by atoms with Crippen molar-refractivity contribution in [2.75, 3.05) is 12.4 Å². The summed E-state index contributed by atoms with van der Waals surface area (Å²) in [4.78, 5) is 0. The molecule has 0 aliphatic rings. The first kappa shape index (κ1) is 13.5. The first-order valence-electron chi connectivity index (χ1n) is 6.06. The Bertz CT molecular complexity index is 549. The van der Waals surface area contributed by atoms with Crippen LogP contribution in [0.2, 0.25) is 0 Å². The van der Waals surface area contributed by atoms with E-state index in [1.807, 2.05) is 48.5 Å². The second-order valence-corrected chi connectivity index (χ2v) is 4.33. The van der Waals surface area contributed by atoms with E-state index >= 15 is 0 Å². The molecule has 19 heavy (non-hydrogen) atoms. The number of hydrogen-bond donors (Lipinski definition) is 1. The van der Waals surface area contributed by atoms with Crippen LogP contribution in [-0.2, 0) is 6.54 Å². The van der Waals surface area contributed by atoms with Gasteiger partial charge in [0.1, 0.15) is 5.75 Å². The van der Waals surface area contributed by atoms with Crippen molar-refractivity contribution in [1.29, 1.82) is 0 Å². The van der Waals surface area contributed by atoms with E-state index in [9.17, 15) is 0 Å². The summed E-state index contributed by atoms with van der Waals surface area (Å²) < 4.78 is 5.13. The third-order valence-electron chi connectivity index (χ3n) is 2.87. The monoisotopic (exact) mass is 273 g/mol. The van der Waals surface area contributed by atoms with Crippen LogP contribution in [0, 0.1) is 0 Å². The molecule has 0 unspecified atom stereocenters. The molecule has 0 aromatic heterocycles. The smallest absolute Gasteiger partial charge is 0.119 e. The molecule has 0 bridgehead atoms. The number of ether oxygens (including phenoxy) is 1. The number of methoxy groups -OCH3 is 1. The standard InChI is InChI=1S/C16H16ClNO/c1-19-16-8-6-15(7-9-16)18-12-14-5-3-2-4-13(14)10-11-17/h2-11,18H,12H2,1H3/b11-10-. The highest BCUT2D eigenvalue weighted by molar-refractivity contribution is 6.27. The van der Waals surface area contributed by atoms with Gasteiger partial charge in [0.15, 0.2) is 0 Å². The summed E-state index contributed by atoms with van der Waals surface area (Å²) in [5.74, 6) is 0.857. The second-order valence-electron chi connectivity index (χ2n) is 4.07. The van der Waals surface area contributed by atoms with Crippen molar-refractivity contribution in [2.45, 2.75) is 6.54 Å². The zero-order valence-electron chi connectivity index (χ0n) is 10.8. The molecule has 0 heterocycles. The van der Waals surface area contributed by atoms with Gasteiger partial charge in [-0.2, -0.15) is 0 Å². The topological polar surface area (TPSA) is 21.3 Å². The Morgan fingerprint density at radius 1 is 1.11 bits per heavy atom. The van der Waals surface area contributed by atoms with Crippen LogP contribution in [0.15, 0.2) is 54.1 Å². The Balaban J connectivity index is 2.05. The molecule has 0 aliphatic heterocycles. The van der Waals surface area contributed by atoms with Crippen LogP contribution in [0.1, 0.15) is 11.1 Å². The van der Waals surface area contributed by atoms with Crippen LogP contribution in [-0.4, -0.2) is 7.11 Å². The van der Waals surface area contributed by atoms with Crippen molar-refractivity contribution in [1.82, 2.24) is 0 Å². The number of nitrogens with one attached hydrogen (secondary N) is 1. The summed E-state index contributed by atoms with van der Waals surface area (Å²) in [5.41, 5.74) is 4.92. The van der Waals surface area contributed by atoms with E-state index in [0.29, 0.717) is 0 Å². The van der Waals surface area contributed by atoms with Gasteiger partial charge in [0, 0.05) is 17.8 Å². The van der Waals surface area contributed by atoms with Gasteiger partial charge in [0.05, 0.1) is 7.11 Å². The van der Waals surface area contributed by atoms with E-state index < -0.39 is 0 Å². The van der Waals surface area contributed by atoms with Gasteiger partial charge in [-0.1, -0.05) is 35.9 Å². The molecule has 2 aromatic carbocycles. The van der Waals surface area contributed by atoms with Gasteiger partial charge in [-0.05, 0) is 41.5 Å². The first-order valence-corrected chi connectivity index (χ1v) is 6.49. The van der Waals surface area contributed by atoms with Crippen LogP contribution >= 0.6 is 11.6 Å². The molecule has 0 amide bonds. The van der Waals surface area contributed by atoms with Crippen molar-refractivity contribution in [3.63, 3.8) is 0 Å². The van der Waals surface area contributed by atoms with Crippen LogP contribution < -0.4 is 10.1 Å². The number of hydrogen-bond acceptors (Lipinski definition) is 2. The zero-order chi connectivity index (χ0) is 13.5. The van der Waals surface area contributed by atoms with Crippen LogP contribution in [0.5, 0.6) is 5.75 Å². The fourth-order valence-electron chi connectivity index (χ4n) is 1.83. The normalized spacial score (nSPS) is 10.6. The Hall–Kier alpha value is -1.93. The maximum Gasteiger partial charge on any atom is 0.119 e. The highest BCUT2D eigenvalue weighted by atomic mass is 35.5. The van der Waals surface area contributed by atoms with Gasteiger partial charge in [-0.15, -0.1) is 0 Å². The van der Waals surface area contributed by atoms with Crippen molar-refractivity contribution in [3.8, 4) is 5.75 Å². The molecule has 0 fully saturated rings. The SMILES string of the molecule is COc1ccc(NCc2ccccc2/C=C\Cl)cc1. The van der Waals surface area contributed by atoms with E-state index in [1.54, 1.807) is 7.11 Å². The summed E-state index contributed by atoms with van der Waals surface area (Å²) in [6.07, 6.45) is 1.90. The molecule has 0 atom stereocenters. The number of rotatable bonds is 5. The van der Waals surface area contributed by atoms with Crippen molar-refractivity contribution < 1.29 is 4.74 Å². The van der Waals surface area contributed by atoms with Gasteiger partial charge in [0.2, 0.25) is 0 Å². The highest BCUT2D eigenvalue weighted by Crippen LogP contribution is 2.17. The van der Waals surface area contributed by atoms with Crippen molar-refractivity contribution in [3.05, 3.63) is 65.2 Å². The lowest BCUT2D eigenvalue weighted by Gasteiger charge is -2.09. The zero-order valence-corrected chi connectivity index (χ0v) is 11.5. The second kappa shape index (κ2) is 6.86. The van der Waals surface area contributed by atoms with Crippen molar-refractivity contribution >= 4 is 23.4 Å². The van der Waals surface area contributed by atoms with E-state index in [1.165, 1.54) is 11.1 Å². The van der Waals surface area contributed by atoms with Gasteiger partial charge < -0.3 is 10.1 Å². The van der Waals surface area contributed by atoms with Gasteiger partial charge in [0.25, 0.3) is 0 Å². The van der Waals surface area contributed by atoms with Gasteiger partial charge >= 0.3 is 0 Å². The fraction of sp³-hybridized carbons (Fsp3) is 0.125. The van der Waals surface area contributed by atoms with Crippen LogP contribution in [0.3, 0.4) is 0 Å². The minimum atomic E-state index is 0.754. The molecule has 2 rings (SSSR count). The molecule has 0 saturated heterocycles. The lowest BCUT2D eigenvalue weighted by Crippen LogP contribution is -2.01. The summed E-state index contributed by atoms with van der Waals surface area (Å²) in [6, 6.07) is 16.0. The first-order chi connectivity index (χ1) is 9.33. The third kappa shape index (κ3) is 3.76. The molecule has 0 radical (unpaired) electrons. The quantitative estimate of drug-likeness (QED) is 0.865. The third-order valence-corrected chi connectivity index (χ3v) is 3.00. The molecule has 0 aliphatic carbocycles. The molecule has 0 spiro atoms. The number of halogens is 1. The van der Waals surface area contributed by atoms with Crippen molar-refractivity contribution in [2.24, 2.45) is 0 Å². The molecule has 1 N–H and O–H groups in total. The van der Waals surface area contributed by atoms with E-state index in [2.05, 4.69) is 11.4 Å². The predicted octanol–water partition coefficient (Wildman–Crippen LogP) is 4.52. The van der Waals surface area contributed by atoms with E-state index in [0.717, 1.165) is 23.5 Å². The summed E-state index contributed by atoms with van der Waals surface area (Å²) in [6.45, 7) is 0.754. The Morgan fingerprint density at radius 3 is 2.53 bits per heavy atom. The maximum absolute atomic E-state index is 5.64. The molecular weight excluding hydrogens is 258 g/mol. The fourth-order valence-corrected chi connectivity index (χ4v) is 1.97. The molecule has 2 nitrogen and oxygen atoms in total. The number of anilines is 1. The summed E-state index contributed by atoms with van der Waals surface area (Å²) in [5, 5.41) is 3.38. The summed E-state index contributed by atoms with van der Waals surface area (Å²) >= 11 is 5.64. The Labute approximate surface area is 118 Å². The Morgan fingerprint density at radius 2 is 1.84 bits per heavy atom. The van der Waals surface area contributed by atoms with Crippen LogP contribution in [0.25, 0.3) is 6.08 Å². The minimum Gasteiger partial charge on any atom is -0.497 e. The van der Waals surface area contributed by atoms with E-state index in [-0.39, 0.29) is 0 Å². The molecule has 98 valence electrons. The van der Waals surface area contributed by atoms with Gasteiger partial charge in [-0.25, -0.2) is 0 Å². The van der Waals surface area contributed by atoms with Crippen LogP contribution in [0.4, 0.5) is 5.69 Å². The average molecular weight is 274 g/mol. The molecule has 3 heteroatoms. The molecule has 0 saturated carbocycles. The van der Waals surface area contributed by atoms with Gasteiger partial charge in [-0.3, -0.25) is 0 Å².